The van der Waals surface area contributed by atoms with E-state index in [-0.39, 0.29) is 5.56 Å². The van der Waals surface area contributed by atoms with Crippen LogP contribution in [-0.2, 0) is 4.74 Å². The van der Waals surface area contributed by atoms with Gasteiger partial charge in [-0.25, -0.2) is 14.3 Å². The lowest BCUT2D eigenvalue weighted by atomic mass is 10.1. The van der Waals surface area contributed by atoms with Gasteiger partial charge >= 0.3 is 12.1 Å². The van der Waals surface area contributed by atoms with Crippen LogP contribution in [0.15, 0.2) is 54.6 Å². The summed E-state index contributed by atoms with van der Waals surface area (Å²) in [7, 11) is 0. The lowest BCUT2D eigenvalue weighted by Crippen LogP contribution is -2.27. The molecule has 8 heteroatoms. The van der Waals surface area contributed by atoms with Gasteiger partial charge < -0.3 is 9.84 Å². The van der Waals surface area contributed by atoms with Crippen molar-refractivity contribution >= 4 is 29.5 Å². The van der Waals surface area contributed by atoms with Crippen LogP contribution in [0.1, 0.15) is 31.1 Å². The monoisotopic (exact) mass is 413 g/mol. The van der Waals surface area contributed by atoms with Crippen LogP contribution in [0.5, 0.6) is 0 Å². The fraction of sp³-hybridized carbons (Fsp3) is 0.190. The molecule has 29 heavy (non-hydrogen) atoms. The van der Waals surface area contributed by atoms with Crippen LogP contribution in [0.25, 0.3) is 16.9 Å². The van der Waals surface area contributed by atoms with E-state index in [0.717, 1.165) is 5.56 Å². The number of anilines is 1. The third-order valence-corrected chi connectivity index (χ3v) is 4.07. The maximum absolute atomic E-state index is 12.3. The minimum atomic E-state index is -1.06. The van der Waals surface area contributed by atoms with E-state index in [1.165, 1.54) is 16.8 Å². The molecule has 0 aliphatic heterocycles. The highest BCUT2D eigenvalue weighted by Gasteiger charge is 2.20. The summed E-state index contributed by atoms with van der Waals surface area (Å²) in [6, 6.07) is 15.0. The van der Waals surface area contributed by atoms with Crippen LogP contribution >= 0.6 is 11.6 Å². The topological polar surface area (TPSA) is 93.5 Å². The first-order valence-electron chi connectivity index (χ1n) is 8.82. The molecule has 150 valence electrons. The van der Waals surface area contributed by atoms with Crippen LogP contribution in [0, 0.1) is 0 Å². The van der Waals surface area contributed by atoms with Gasteiger partial charge in [0.1, 0.15) is 11.4 Å². The molecule has 0 spiro atoms. The summed E-state index contributed by atoms with van der Waals surface area (Å²) in [4.78, 5) is 23.6. The van der Waals surface area contributed by atoms with Crippen molar-refractivity contribution in [2.24, 2.45) is 0 Å². The Hall–Kier alpha value is -3.32. The zero-order valence-electron chi connectivity index (χ0n) is 16.1. The number of nitrogens with zero attached hydrogens (tertiary/aromatic N) is 2. The summed E-state index contributed by atoms with van der Waals surface area (Å²) in [5.41, 5.74) is 1.28. The van der Waals surface area contributed by atoms with E-state index >= 15 is 0 Å². The molecule has 7 nitrogen and oxygen atoms in total. The third kappa shape index (κ3) is 5.14. The number of hydrogen-bond donors (Lipinski definition) is 2. The molecule has 3 aromatic rings. The molecule has 1 heterocycles. The lowest BCUT2D eigenvalue weighted by molar-refractivity contribution is 0.0633. The van der Waals surface area contributed by atoms with Gasteiger partial charge in [-0.15, -0.1) is 0 Å². The number of carboxylic acid groups (broad SMARTS) is 1. The maximum atomic E-state index is 12.3. The fourth-order valence-corrected chi connectivity index (χ4v) is 2.73. The van der Waals surface area contributed by atoms with E-state index < -0.39 is 17.7 Å². The average molecular weight is 414 g/mol. The fourth-order valence-electron chi connectivity index (χ4n) is 2.61. The number of halogens is 1. The molecule has 2 aromatic carbocycles. The normalized spacial score (nSPS) is 11.2. The Morgan fingerprint density at radius 2 is 1.79 bits per heavy atom. The molecule has 0 unspecified atom stereocenters. The number of nitrogens with one attached hydrogen (secondary N) is 1. The molecule has 0 bridgehead atoms. The van der Waals surface area contributed by atoms with Crippen molar-refractivity contribution in [3.63, 3.8) is 0 Å². The number of amides is 1. The van der Waals surface area contributed by atoms with Gasteiger partial charge in [-0.05, 0) is 51.1 Å². The molecule has 0 aliphatic carbocycles. The second-order valence-corrected chi connectivity index (χ2v) is 7.75. The number of carbonyl (C=O) groups excluding carboxylic acids is 1. The van der Waals surface area contributed by atoms with Crippen LogP contribution in [-0.4, -0.2) is 32.6 Å². The van der Waals surface area contributed by atoms with E-state index in [4.69, 9.17) is 16.3 Å². The van der Waals surface area contributed by atoms with Crippen LogP contribution < -0.4 is 5.32 Å². The SMILES string of the molecule is CC(C)(C)OC(=O)Nc1cc(-c2ccc(Cl)cc2)nn1-c1cccc(C(=O)O)c1. The van der Waals surface area contributed by atoms with Gasteiger partial charge in [0, 0.05) is 16.7 Å². The molecular weight excluding hydrogens is 394 g/mol. The van der Waals surface area contributed by atoms with Crippen LogP contribution in [0.4, 0.5) is 10.6 Å². The Bertz CT molecular complexity index is 1050. The molecule has 0 saturated heterocycles. The Kier molecular flexibility index (Phi) is 5.61. The summed E-state index contributed by atoms with van der Waals surface area (Å²) in [5, 5.41) is 17.1. The summed E-state index contributed by atoms with van der Waals surface area (Å²) < 4.78 is 6.78. The number of carboxylic acids is 1. The predicted molar refractivity (Wildman–Crippen MR) is 111 cm³/mol. The molecule has 1 aromatic heterocycles. The zero-order chi connectivity index (χ0) is 21.2. The summed E-state index contributed by atoms with van der Waals surface area (Å²) in [6.07, 6.45) is -0.643. The predicted octanol–water partition coefficient (Wildman–Crippen LogP) is 5.24. The molecular formula is C21H20ClN3O4. The highest BCUT2D eigenvalue weighted by atomic mass is 35.5. The summed E-state index contributed by atoms with van der Waals surface area (Å²) >= 11 is 5.95. The highest BCUT2D eigenvalue weighted by molar-refractivity contribution is 6.30. The molecule has 0 radical (unpaired) electrons. The molecule has 0 fully saturated rings. The van der Waals surface area contributed by atoms with Gasteiger partial charge in [-0.2, -0.15) is 5.10 Å². The number of aromatic nitrogens is 2. The largest absolute Gasteiger partial charge is 0.478 e. The molecule has 1 amide bonds. The van der Waals surface area contributed by atoms with E-state index in [9.17, 15) is 14.7 Å². The maximum Gasteiger partial charge on any atom is 0.413 e. The van der Waals surface area contributed by atoms with Crippen molar-refractivity contribution in [3.05, 3.63) is 65.2 Å². The average Bonchev–Trinajstić information content (AvgIpc) is 3.04. The Morgan fingerprint density at radius 3 is 2.41 bits per heavy atom. The number of ether oxygens (including phenoxy) is 1. The van der Waals surface area contributed by atoms with E-state index in [2.05, 4.69) is 10.4 Å². The van der Waals surface area contributed by atoms with Crippen LogP contribution in [0.3, 0.4) is 0 Å². The molecule has 0 saturated carbocycles. The van der Waals surface area contributed by atoms with Crippen LogP contribution in [0.2, 0.25) is 5.02 Å². The van der Waals surface area contributed by atoms with Gasteiger partial charge in [-0.3, -0.25) is 5.32 Å². The van der Waals surface area contributed by atoms with Crippen molar-refractivity contribution in [2.45, 2.75) is 26.4 Å². The molecule has 2 N–H and O–H groups in total. The Labute approximate surface area is 172 Å². The Morgan fingerprint density at radius 1 is 1.10 bits per heavy atom. The van der Waals surface area contributed by atoms with E-state index in [1.807, 2.05) is 0 Å². The van der Waals surface area contributed by atoms with E-state index in [0.29, 0.717) is 22.2 Å². The number of aromatic carboxylic acids is 1. The van der Waals surface area contributed by atoms with Crippen molar-refractivity contribution in [1.82, 2.24) is 9.78 Å². The van der Waals surface area contributed by atoms with Gasteiger partial charge in [0.15, 0.2) is 0 Å². The summed E-state index contributed by atoms with van der Waals surface area (Å²) in [5.74, 6) is -0.717. The van der Waals surface area contributed by atoms with Gasteiger partial charge in [0.25, 0.3) is 0 Å². The first kappa shape index (κ1) is 20.4. The Balaban J connectivity index is 2.04. The zero-order valence-corrected chi connectivity index (χ0v) is 16.9. The second-order valence-electron chi connectivity index (χ2n) is 7.32. The minimum absolute atomic E-state index is 0.106. The first-order valence-corrected chi connectivity index (χ1v) is 9.20. The number of rotatable bonds is 4. The number of hydrogen-bond acceptors (Lipinski definition) is 4. The second kappa shape index (κ2) is 7.97. The highest BCUT2D eigenvalue weighted by Crippen LogP contribution is 2.27. The van der Waals surface area contributed by atoms with Gasteiger partial charge in [0.2, 0.25) is 0 Å². The molecule has 0 atom stereocenters. The van der Waals surface area contributed by atoms with E-state index in [1.54, 1.807) is 63.2 Å². The van der Waals surface area contributed by atoms with Crippen molar-refractivity contribution < 1.29 is 19.4 Å². The molecule has 0 aliphatic rings. The van der Waals surface area contributed by atoms with Crippen molar-refractivity contribution in [3.8, 4) is 16.9 Å². The minimum Gasteiger partial charge on any atom is -0.478 e. The summed E-state index contributed by atoms with van der Waals surface area (Å²) in [6.45, 7) is 5.29. The standard InChI is InChI=1S/C21H20ClN3O4/c1-21(2,3)29-20(28)23-18-12-17(13-7-9-15(22)10-8-13)24-25(18)16-6-4-5-14(11-16)19(26)27/h4-12H,1-3H3,(H,23,28)(H,26,27). The smallest absolute Gasteiger partial charge is 0.413 e. The first-order chi connectivity index (χ1) is 13.6. The lowest BCUT2D eigenvalue weighted by Gasteiger charge is -2.19. The quantitative estimate of drug-likeness (QED) is 0.610. The molecule has 3 rings (SSSR count). The van der Waals surface area contributed by atoms with Gasteiger partial charge in [0.05, 0.1) is 16.9 Å². The van der Waals surface area contributed by atoms with Gasteiger partial charge in [-0.1, -0.05) is 29.8 Å². The number of benzene rings is 2. The van der Waals surface area contributed by atoms with Crippen molar-refractivity contribution in [2.75, 3.05) is 5.32 Å². The van der Waals surface area contributed by atoms with Crippen molar-refractivity contribution in [1.29, 1.82) is 0 Å². The number of carbonyl (C=O) groups is 2. The third-order valence-electron chi connectivity index (χ3n) is 3.82.